The van der Waals surface area contributed by atoms with Crippen LogP contribution in [0, 0.1) is 13.8 Å². The number of hydrogen-bond acceptors (Lipinski definition) is 5. The van der Waals surface area contributed by atoms with E-state index < -0.39 is 6.36 Å². The summed E-state index contributed by atoms with van der Waals surface area (Å²) in [6.07, 6.45) is -1.39. The molecule has 0 radical (unpaired) electrons. The highest BCUT2D eigenvalue weighted by molar-refractivity contribution is 8.14. The van der Waals surface area contributed by atoms with Crippen LogP contribution < -0.4 is 15.0 Å². The van der Waals surface area contributed by atoms with Crippen LogP contribution >= 0.6 is 11.8 Å². The number of benzene rings is 3. The summed E-state index contributed by atoms with van der Waals surface area (Å²) >= 11 is 1.62. The molecule has 2 heterocycles. The third-order valence-corrected chi connectivity index (χ3v) is 8.80. The van der Waals surface area contributed by atoms with Crippen LogP contribution in [0.25, 0.3) is 17.1 Å². The molecule has 1 saturated heterocycles. The number of aromatic nitrogens is 3. The van der Waals surface area contributed by atoms with E-state index in [0.717, 1.165) is 51.7 Å². The summed E-state index contributed by atoms with van der Waals surface area (Å²) in [4.78, 5) is 24.1. The number of urea groups is 1. The van der Waals surface area contributed by atoms with Gasteiger partial charge >= 0.3 is 12.4 Å². The molecule has 0 spiro atoms. The minimum Gasteiger partial charge on any atom is -0.406 e. The van der Waals surface area contributed by atoms with Gasteiger partial charge in [0.05, 0.1) is 5.69 Å². The smallest absolute Gasteiger partial charge is 0.406 e. The molecule has 3 aromatic carbocycles. The molecule has 12 heteroatoms. The maximum atomic E-state index is 13.0. The molecule has 1 aliphatic heterocycles. The standard InChI is InChI=1S/C32H31F3N6O2S/c1-19-5-4-6-20(2)28(19)41-21(3)15-16-44-31(41)38-30(42)37-27-17-26(27)22-7-9-23(10-8-22)29-36-18-40(39-29)24-11-13-25(14-12-24)43-32(33,34)35/h4-14,18,21,26-27H,15-17H2,1-3H3,(H,37,42). The highest BCUT2D eigenvalue weighted by atomic mass is 32.2. The molecule has 0 bridgehead atoms. The second-order valence-electron chi connectivity index (χ2n) is 11.1. The zero-order valence-electron chi connectivity index (χ0n) is 24.4. The number of aliphatic imine (C=N–C) groups is 1. The van der Waals surface area contributed by atoms with Gasteiger partial charge in [-0.25, -0.2) is 14.5 Å². The van der Waals surface area contributed by atoms with Crippen LogP contribution in [0.2, 0.25) is 0 Å². The van der Waals surface area contributed by atoms with Crippen molar-refractivity contribution in [1.82, 2.24) is 20.1 Å². The van der Waals surface area contributed by atoms with Gasteiger partial charge in [0.15, 0.2) is 11.0 Å². The van der Waals surface area contributed by atoms with E-state index in [4.69, 9.17) is 0 Å². The number of nitrogens with zero attached hydrogens (tertiary/aromatic N) is 5. The Hall–Kier alpha value is -4.32. The van der Waals surface area contributed by atoms with Crippen molar-refractivity contribution in [2.45, 2.75) is 58.0 Å². The number of thioether (sulfide) groups is 1. The van der Waals surface area contributed by atoms with Gasteiger partial charge in [0, 0.05) is 35.0 Å². The highest BCUT2D eigenvalue weighted by Gasteiger charge is 2.40. The normalized spacial score (nSPS) is 20.9. The Labute approximate surface area is 257 Å². The van der Waals surface area contributed by atoms with Gasteiger partial charge in [-0.15, -0.1) is 18.3 Å². The molecule has 3 atom stereocenters. The maximum Gasteiger partial charge on any atom is 0.573 e. The van der Waals surface area contributed by atoms with E-state index in [2.05, 4.69) is 62.9 Å². The molecule has 44 heavy (non-hydrogen) atoms. The van der Waals surface area contributed by atoms with Crippen molar-refractivity contribution in [1.29, 1.82) is 0 Å². The number of rotatable bonds is 6. The predicted molar refractivity (Wildman–Crippen MR) is 166 cm³/mol. The van der Waals surface area contributed by atoms with Crippen LogP contribution in [0.3, 0.4) is 0 Å². The molecular weight excluding hydrogens is 589 g/mol. The van der Waals surface area contributed by atoms with Gasteiger partial charge in [-0.2, -0.15) is 4.99 Å². The molecule has 4 aromatic rings. The van der Waals surface area contributed by atoms with E-state index in [1.54, 1.807) is 11.8 Å². The minimum atomic E-state index is -4.75. The molecule has 6 rings (SSSR count). The molecule has 2 amide bonds. The number of amides is 2. The first kappa shape index (κ1) is 29.7. The van der Waals surface area contributed by atoms with Crippen LogP contribution in [0.5, 0.6) is 5.75 Å². The van der Waals surface area contributed by atoms with E-state index in [9.17, 15) is 18.0 Å². The zero-order chi connectivity index (χ0) is 31.0. The Kier molecular flexibility index (Phi) is 8.10. The first-order valence-corrected chi connectivity index (χ1v) is 15.3. The van der Waals surface area contributed by atoms with Gasteiger partial charge < -0.3 is 15.0 Å². The third-order valence-electron chi connectivity index (χ3n) is 7.81. The van der Waals surface area contributed by atoms with Gasteiger partial charge in [0.2, 0.25) is 0 Å². The average molecular weight is 621 g/mol. The van der Waals surface area contributed by atoms with Crippen LogP contribution in [0.1, 0.15) is 42.4 Å². The molecule has 1 N–H and O–H groups in total. The monoisotopic (exact) mass is 620 g/mol. The zero-order valence-corrected chi connectivity index (χ0v) is 25.2. The molecule has 1 aromatic heterocycles. The predicted octanol–water partition coefficient (Wildman–Crippen LogP) is 7.40. The summed E-state index contributed by atoms with van der Waals surface area (Å²) in [6.45, 7) is 6.35. The SMILES string of the molecule is Cc1cccc(C)c1N1C(=NC(=O)NC2CC2c2ccc(-c3ncn(-c4ccc(OC(F)(F)F)cc4)n3)cc2)SCCC1C. The first-order valence-electron chi connectivity index (χ1n) is 14.3. The van der Waals surface area contributed by atoms with Gasteiger partial charge in [0.1, 0.15) is 12.1 Å². The van der Waals surface area contributed by atoms with Crippen molar-refractivity contribution >= 4 is 28.6 Å². The second kappa shape index (κ2) is 12.0. The van der Waals surface area contributed by atoms with Gasteiger partial charge in [-0.1, -0.05) is 54.2 Å². The molecular formula is C32H31F3N6O2S. The lowest BCUT2D eigenvalue weighted by Crippen LogP contribution is -2.43. The third kappa shape index (κ3) is 6.59. The van der Waals surface area contributed by atoms with E-state index in [1.165, 1.54) is 35.3 Å². The molecule has 2 aliphatic rings. The molecule has 1 saturated carbocycles. The van der Waals surface area contributed by atoms with Crippen molar-refractivity contribution in [2.24, 2.45) is 4.99 Å². The molecule has 2 fully saturated rings. The number of amidine groups is 1. The highest BCUT2D eigenvalue weighted by Crippen LogP contribution is 2.41. The number of alkyl halides is 3. The number of aryl methyl sites for hydroxylation is 2. The van der Waals surface area contributed by atoms with E-state index >= 15 is 0 Å². The maximum absolute atomic E-state index is 13.0. The fourth-order valence-electron chi connectivity index (χ4n) is 5.50. The van der Waals surface area contributed by atoms with Crippen LogP contribution in [0.4, 0.5) is 23.7 Å². The van der Waals surface area contributed by atoms with Crippen molar-refractivity contribution < 1.29 is 22.7 Å². The molecule has 228 valence electrons. The summed E-state index contributed by atoms with van der Waals surface area (Å²) in [5.74, 6) is 1.30. The van der Waals surface area contributed by atoms with Crippen LogP contribution in [-0.2, 0) is 0 Å². The number of anilines is 1. The Morgan fingerprint density at radius 3 is 2.43 bits per heavy atom. The summed E-state index contributed by atoms with van der Waals surface area (Å²) in [5.41, 5.74) is 5.89. The molecule has 3 unspecified atom stereocenters. The minimum absolute atomic E-state index is 0.0130. The lowest BCUT2D eigenvalue weighted by molar-refractivity contribution is -0.274. The number of ether oxygens (including phenoxy) is 1. The Bertz CT molecular complexity index is 1670. The van der Waals surface area contributed by atoms with Gasteiger partial charge in [-0.3, -0.25) is 0 Å². The van der Waals surface area contributed by atoms with Crippen LogP contribution in [0.15, 0.2) is 78.0 Å². The Morgan fingerprint density at radius 1 is 1.05 bits per heavy atom. The second-order valence-corrected chi connectivity index (χ2v) is 12.1. The van der Waals surface area contributed by atoms with E-state index in [0.29, 0.717) is 11.5 Å². The van der Waals surface area contributed by atoms with Crippen LogP contribution in [-0.4, -0.2) is 50.2 Å². The quantitative estimate of drug-likeness (QED) is 0.242. The largest absolute Gasteiger partial charge is 0.573 e. The topological polar surface area (TPSA) is 84.6 Å². The first-order chi connectivity index (χ1) is 21.1. The van der Waals surface area contributed by atoms with Gasteiger partial charge in [0.25, 0.3) is 0 Å². The van der Waals surface area contributed by atoms with Crippen molar-refractivity contribution in [3.8, 4) is 22.8 Å². The number of carbonyl (C=O) groups excluding carboxylic acids is 1. The van der Waals surface area contributed by atoms with Crippen molar-refractivity contribution in [3.63, 3.8) is 0 Å². The summed E-state index contributed by atoms with van der Waals surface area (Å²) in [5, 5.41) is 8.28. The van der Waals surface area contributed by atoms with E-state index in [-0.39, 0.29) is 29.8 Å². The molecule has 8 nitrogen and oxygen atoms in total. The average Bonchev–Trinajstić information content (AvgIpc) is 3.55. The van der Waals surface area contributed by atoms with Gasteiger partial charge in [-0.05, 0) is 74.6 Å². The fraction of sp³-hybridized carbons (Fsp3) is 0.312. The van der Waals surface area contributed by atoms with E-state index in [1.807, 2.05) is 30.3 Å². The lowest BCUT2D eigenvalue weighted by atomic mass is 10.1. The number of para-hydroxylation sites is 1. The summed E-state index contributed by atoms with van der Waals surface area (Å²) in [6, 6.07) is 19.4. The number of halogens is 3. The van der Waals surface area contributed by atoms with Crippen molar-refractivity contribution in [3.05, 3.63) is 89.7 Å². The number of nitrogens with one attached hydrogen (secondary N) is 1. The Morgan fingerprint density at radius 2 is 1.75 bits per heavy atom. The fourth-order valence-corrected chi connectivity index (χ4v) is 6.70. The molecule has 1 aliphatic carbocycles. The number of carbonyl (C=O) groups is 1. The number of hydrogen-bond donors (Lipinski definition) is 1. The van der Waals surface area contributed by atoms with Crippen molar-refractivity contribution in [2.75, 3.05) is 10.7 Å². The lowest BCUT2D eigenvalue weighted by Gasteiger charge is -2.37. The Balaban J connectivity index is 1.08. The summed E-state index contributed by atoms with van der Waals surface area (Å²) < 4.78 is 42.7. The summed E-state index contributed by atoms with van der Waals surface area (Å²) in [7, 11) is 0.